The van der Waals surface area contributed by atoms with E-state index in [0.717, 1.165) is 91.2 Å². The lowest BCUT2D eigenvalue weighted by Crippen LogP contribution is -2.53. The minimum atomic E-state index is 0.262. The van der Waals surface area contributed by atoms with Crippen LogP contribution in [0.15, 0.2) is 42.9 Å². The summed E-state index contributed by atoms with van der Waals surface area (Å²) in [7, 11) is 0. The zero-order valence-corrected chi connectivity index (χ0v) is 23.6. The molecule has 2 fully saturated rings. The van der Waals surface area contributed by atoms with E-state index < -0.39 is 0 Å². The number of nitrogens with one attached hydrogen (secondary N) is 1. The molecule has 0 bridgehead atoms. The van der Waals surface area contributed by atoms with Crippen LogP contribution in [0.2, 0.25) is 5.02 Å². The van der Waals surface area contributed by atoms with Gasteiger partial charge in [0.15, 0.2) is 17.0 Å². The standard InChI is InChI=1S/C29H35ClN8O/c1-20-6-7-32-21(14-20)16-38-26(35-25-27(33-19-34-28(25)38)37-17-29(2,3)18-37)23-5-4-22(15-24(23)30)39-13-12-36-10-8-31-9-11-36/h4-7,14-15,19,31H,8-13,16-18H2,1-3H3. The third-order valence-corrected chi connectivity index (χ3v) is 7.72. The molecule has 0 spiro atoms. The SMILES string of the molecule is Cc1ccnc(Cn2c(-c3ccc(OCCN4CCNCC4)cc3Cl)nc3c(N4CC(C)(C)C4)ncnc32)c1. The van der Waals surface area contributed by atoms with Gasteiger partial charge in [-0.25, -0.2) is 15.0 Å². The Morgan fingerprint density at radius 1 is 1.05 bits per heavy atom. The number of rotatable bonds is 8. The molecule has 0 unspecified atom stereocenters. The zero-order chi connectivity index (χ0) is 27.0. The molecule has 0 saturated carbocycles. The Labute approximate surface area is 234 Å². The third kappa shape index (κ3) is 5.57. The van der Waals surface area contributed by atoms with Crippen molar-refractivity contribution < 1.29 is 4.74 Å². The molecule has 2 saturated heterocycles. The minimum absolute atomic E-state index is 0.262. The Hall–Kier alpha value is -3.27. The summed E-state index contributed by atoms with van der Waals surface area (Å²) >= 11 is 6.88. The minimum Gasteiger partial charge on any atom is -0.492 e. The van der Waals surface area contributed by atoms with E-state index in [1.54, 1.807) is 6.33 Å². The van der Waals surface area contributed by atoms with Crippen molar-refractivity contribution in [3.05, 3.63) is 59.1 Å². The summed E-state index contributed by atoms with van der Waals surface area (Å²) < 4.78 is 8.15. The van der Waals surface area contributed by atoms with Crippen LogP contribution in [-0.4, -0.2) is 81.8 Å². The van der Waals surface area contributed by atoms with Crippen LogP contribution in [0.1, 0.15) is 25.1 Å². The van der Waals surface area contributed by atoms with Gasteiger partial charge in [0.2, 0.25) is 0 Å². The van der Waals surface area contributed by atoms with Crippen LogP contribution < -0.4 is 15.0 Å². The van der Waals surface area contributed by atoms with Gasteiger partial charge in [-0.05, 0) is 48.2 Å². The van der Waals surface area contributed by atoms with Gasteiger partial charge in [-0.15, -0.1) is 0 Å². The molecule has 2 aliphatic heterocycles. The number of fused-ring (bicyclic) bond motifs is 1. The number of pyridine rings is 1. The second-order valence-corrected chi connectivity index (χ2v) is 11.7. The van der Waals surface area contributed by atoms with Gasteiger partial charge in [-0.2, -0.15) is 0 Å². The Balaban J connectivity index is 1.33. The van der Waals surface area contributed by atoms with Crippen molar-refractivity contribution in [2.45, 2.75) is 27.3 Å². The maximum Gasteiger partial charge on any atom is 0.166 e. The van der Waals surface area contributed by atoms with Crippen LogP contribution in [0, 0.1) is 12.3 Å². The summed E-state index contributed by atoms with van der Waals surface area (Å²) in [6.07, 6.45) is 3.47. The van der Waals surface area contributed by atoms with Gasteiger partial charge in [-0.3, -0.25) is 9.88 Å². The summed E-state index contributed by atoms with van der Waals surface area (Å²) in [5, 5.41) is 3.97. The Morgan fingerprint density at radius 3 is 2.62 bits per heavy atom. The van der Waals surface area contributed by atoms with E-state index in [-0.39, 0.29) is 5.41 Å². The van der Waals surface area contributed by atoms with Gasteiger partial charge < -0.3 is 19.5 Å². The highest BCUT2D eigenvalue weighted by atomic mass is 35.5. The van der Waals surface area contributed by atoms with E-state index in [1.165, 1.54) is 0 Å². The first-order valence-electron chi connectivity index (χ1n) is 13.6. The van der Waals surface area contributed by atoms with E-state index in [0.29, 0.717) is 18.2 Å². The summed E-state index contributed by atoms with van der Waals surface area (Å²) in [6, 6.07) is 9.93. The van der Waals surface area contributed by atoms with Crippen LogP contribution in [0.25, 0.3) is 22.6 Å². The maximum atomic E-state index is 6.88. The number of halogens is 1. The number of nitrogens with zero attached hydrogens (tertiary/aromatic N) is 7. The zero-order valence-electron chi connectivity index (χ0n) is 22.8. The first-order valence-corrected chi connectivity index (χ1v) is 14.0. The fourth-order valence-corrected chi connectivity index (χ4v) is 5.74. The van der Waals surface area contributed by atoms with Gasteiger partial charge in [-0.1, -0.05) is 25.4 Å². The molecule has 204 valence electrons. The van der Waals surface area contributed by atoms with Crippen LogP contribution in [0.4, 0.5) is 5.82 Å². The average Bonchev–Trinajstić information content (AvgIpc) is 3.26. The Bertz CT molecular complexity index is 1470. The molecule has 0 amide bonds. The molecule has 39 heavy (non-hydrogen) atoms. The molecule has 4 aromatic rings. The number of aryl methyl sites for hydroxylation is 1. The number of imidazole rings is 1. The molecule has 1 aromatic carbocycles. The van der Waals surface area contributed by atoms with Gasteiger partial charge in [0.05, 0.1) is 17.3 Å². The summed E-state index contributed by atoms with van der Waals surface area (Å²) in [5.74, 6) is 2.36. The topological polar surface area (TPSA) is 84.2 Å². The lowest BCUT2D eigenvalue weighted by atomic mass is 9.84. The number of benzene rings is 1. The highest BCUT2D eigenvalue weighted by Crippen LogP contribution is 2.38. The van der Waals surface area contributed by atoms with Crippen LogP contribution in [0.3, 0.4) is 0 Å². The summed E-state index contributed by atoms with van der Waals surface area (Å²) in [6.45, 7) is 14.7. The van der Waals surface area contributed by atoms with Crippen molar-refractivity contribution in [2.24, 2.45) is 5.41 Å². The van der Waals surface area contributed by atoms with Crippen molar-refractivity contribution in [1.29, 1.82) is 0 Å². The summed E-state index contributed by atoms with van der Waals surface area (Å²) in [4.78, 5) is 23.7. The lowest BCUT2D eigenvalue weighted by molar-refractivity contribution is 0.191. The number of aromatic nitrogens is 5. The number of hydrogen-bond acceptors (Lipinski definition) is 8. The quantitative estimate of drug-likeness (QED) is 0.355. The van der Waals surface area contributed by atoms with E-state index in [9.17, 15) is 0 Å². The maximum absolute atomic E-state index is 6.88. The van der Waals surface area contributed by atoms with E-state index in [1.807, 2.05) is 30.5 Å². The highest BCUT2D eigenvalue weighted by molar-refractivity contribution is 6.33. The molecule has 1 N–H and O–H groups in total. The van der Waals surface area contributed by atoms with Gasteiger partial charge in [0, 0.05) is 57.6 Å². The molecule has 10 heteroatoms. The highest BCUT2D eigenvalue weighted by Gasteiger charge is 2.36. The van der Waals surface area contributed by atoms with E-state index >= 15 is 0 Å². The van der Waals surface area contributed by atoms with Gasteiger partial charge in [0.25, 0.3) is 0 Å². The van der Waals surface area contributed by atoms with Crippen molar-refractivity contribution in [1.82, 2.24) is 34.7 Å². The molecule has 0 atom stereocenters. The summed E-state index contributed by atoms with van der Waals surface area (Å²) in [5.41, 5.74) is 4.73. The molecule has 9 nitrogen and oxygen atoms in total. The molecule has 3 aromatic heterocycles. The second kappa shape index (κ2) is 10.7. The number of ether oxygens (including phenoxy) is 1. The van der Waals surface area contributed by atoms with Crippen molar-refractivity contribution >= 4 is 28.6 Å². The normalized spacial score (nSPS) is 17.4. The molecule has 6 rings (SSSR count). The fourth-order valence-electron chi connectivity index (χ4n) is 5.49. The van der Waals surface area contributed by atoms with Gasteiger partial charge >= 0.3 is 0 Å². The average molecular weight is 547 g/mol. The van der Waals surface area contributed by atoms with E-state index in [2.05, 4.69) is 61.5 Å². The van der Waals surface area contributed by atoms with Crippen molar-refractivity contribution in [3.8, 4) is 17.1 Å². The monoisotopic (exact) mass is 546 g/mol. The van der Waals surface area contributed by atoms with Crippen LogP contribution >= 0.6 is 11.6 Å². The number of piperazine rings is 1. The van der Waals surface area contributed by atoms with Crippen LogP contribution in [0.5, 0.6) is 5.75 Å². The molecular formula is C29H35ClN8O. The smallest absolute Gasteiger partial charge is 0.166 e. The predicted molar refractivity (Wildman–Crippen MR) is 155 cm³/mol. The van der Waals surface area contributed by atoms with E-state index in [4.69, 9.17) is 21.3 Å². The third-order valence-electron chi connectivity index (χ3n) is 7.41. The van der Waals surface area contributed by atoms with Crippen molar-refractivity contribution in [2.75, 3.05) is 57.3 Å². The number of anilines is 1. The Morgan fingerprint density at radius 2 is 1.87 bits per heavy atom. The molecular weight excluding hydrogens is 512 g/mol. The second-order valence-electron chi connectivity index (χ2n) is 11.3. The number of hydrogen-bond donors (Lipinski definition) is 1. The molecule has 5 heterocycles. The van der Waals surface area contributed by atoms with Crippen molar-refractivity contribution in [3.63, 3.8) is 0 Å². The first-order chi connectivity index (χ1) is 18.9. The van der Waals surface area contributed by atoms with Crippen LogP contribution in [-0.2, 0) is 6.54 Å². The molecule has 0 aliphatic carbocycles. The van der Waals surface area contributed by atoms with Gasteiger partial charge in [0.1, 0.15) is 24.5 Å². The molecule has 0 radical (unpaired) electrons. The Kier molecular flexibility index (Phi) is 7.14. The first kappa shape index (κ1) is 26.0. The largest absolute Gasteiger partial charge is 0.492 e. The lowest BCUT2D eigenvalue weighted by Gasteiger charge is -2.46. The predicted octanol–water partition coefficient (Wildman–Crippen LogP) is 4.03. The molecule has 2 aliphatic rings. The fraction of sp³-hybridized carbons (Fsp3) is 0.448.